The molecule has 1 N–H and O–H groups in total. The Morgan fingerprint density at radius 3 is 2.76 bits per heavy atom. The Morgan fingerprint density at radius 1 is 1.24 bits per heavy atom. The number of ether oxygens (including phenoxy) is 1. The number of para-hydroxylation sites is 2. The van der Waals surface area contributed by atoms with E-state index in [1.54, 1.807) is 12.1 Å². The zero-order valence-corrected chi connectivity index (χ0v) is 16.5. The number of nitriles is 1. The van der Waals surface area contributed by atoms with Crippen LogP contribution in [0.5, 0.6) is 5.75 Å². The van der Waals surface area contributed by atoms with Gasteiger partial charge < -0.3 is 14.6 Å². The third-order valence-corrected chi connectivity index (χ3v) is 5.14. The number of aromatic nitrogens is 1. The molecule has 0 aliphatic heterocycles. The van der Waals surface area contributed by atoms with Crippen LogP contribution in [0, 0.1) is 11.3 Å². The molecule has 3 aromatic rings. The van der Waals surface area contributed by atoms with Gasteiger partial charge in [-0.05, 0) is 37.1 Å². The Bertz CT molecular complexity index is 1120. The standard InChI is InChI=1S/C23H20ClN3O2/c24-20-6-2-4-8-22(20)29-12-11-27-15-17(19-5-1-3-7-21(19)27)13-16(14-25)23(28)26-18-9-10-18/h1-8,13,15,18H,9-12H2,(H,26,28)/b16-13+. The smallest absolute Gasteiger partial charge is 0.262 e. The van der Waals surface area contributed by atoms with Gasteiger partial charge in [-0.3, -0.25) is 4.79 Å². The van der Waals surface area contributed by atoms with Gasteiger partial charge in [-0.25, -0.2) is 0 Å². The molecule has 1 aromatic heterocycles. The molecule has 0 radical (unpaired) electrons. The molecule has 2 aromatic carbocycles. The lowest BCUT2D eigenvalue weighted by molar-refractivity contribution is -0.117. The molecule has 146 valence electrons. The van der Waals surface area contributed by atoms with Gasteiger partial charge in [-0.1, -0.05) is 41.9 Å². The summed E-state index contributed by atoms with van der Waals surface area (Å²) in [5, 5.41) is 13.9. The van der Waals surface area contributed by atoms with E-state index in [0.29, 0.717) is 23.9 Å². The fraction of sp³-hybridized carbons (Fsp3) is 0.217. The number of hydrogen-bond acceptors (Lipinski definition) is 3. The maximum atomic E-state index is 12.3. The van der Waals surface area contributed by atoms with Crippen molar-refractivity contribution in [3.63, 3.8) is 0 Å². The summed E-state index contributed by atoms with van der Waals surface area (Å²) in [6, 6.07) is 17.5. The van der Waals surface area contributed by atoms with Crippen LogP contribution in [-0.4, -0.2) is 23.1 Å². The van der Waals surface area contributed by atoms with Crippen molar-refractivity contribution in [2.45, 2.75) is 25.4 Å². The molecule has 0 spiro atoms. The van der Waals surface area contributed by atoms with Crippen LogP contribution in [0.25, 0.3) is 17.0 Å². The van der Waals surface area contributed by atoms with E-state index in [1.165, 1.54) is 0 Å². The van der Waals surface area contributed by atoms with Gasteiger partial charge in [0.2, 0.25) is 0 Å². The molecule has 1 heterocycles. The van der Waals surface area contributed by atoms with Crippen molar-refractivity contribution in [3.8, 4) is 11.8 Å². The Hall–Kier alpha value is -3.23. The molecule has 4 rings (SSSR count). The number of benzene rings is 2. The highest BCUT2D eigenvalue weighted by Gasteiger charge is 2.24. The number of rotatable bonds is 7. The molecule has 1 fully saturated rings. The molecule has 1 amide bonds. The van der Waals surface area contributed by atoms with E-state index in [-0.39, 0.29) is 17.5 Å². The van der Waals surface area contributed by atoms with Gasteiger partial charge in [0, 0.05) is 28.7 Å². The first-order valence-corrected chi connectivity index (χ1v) is 9.91. The van der Waals surface area contributed by atoms with Gasteiger partial charge in [0.25, 0.3) is 5.91 Å². The lowest BCUT2D eigenvalue weighted by atomic mass is 10.1. The molecular formula is C23H20ClN3O2. The Kier molecular flexibility index (Phi) is 5.55. The molecule has 0 unspecified atom stereocenters. The lowest BCUT2D eigenvalue weighted by Crippen LogP contribution is -2.26. The zero-order valence-electron chi connectivity index (χ0n) is 15.8. The van der Waals surface area contributed by atoms with Crippen molar-refractivity contribution >= 4 is 34.5 Å². The van der Waals surface area contributed by atoms with Crippen LogP contribution >= 0.6 is 11.6 Å². The lowest BCUT2D eigenvalue weighted by Gasteiger charge is -2.09. The fourth-order valence-electron chi connectivity index (χ4n) is 3.19. The van der Waals surface area contributed by atoms with E-state index < -0.39 is 0 Å². The number of hydrogen-bond donors (Lipinski definition) is 1. The average molecular weight is 406 g/mol. The Labute approximate surface area is 174 Å². The first-order valence-electron chi connectivity index (χ1n) is 9.53. The van der Waals surface area contributed by atoms with Gasteiger partial charge in [-0.2, -0.15) is 5.26 Å². The summed E-state index contributed by atoms with van der Waals surface area (Å²) < 4.78 is 7.87. The molecule has 29 heavy (non-hydrogen) atoms. The molecule has 0 bridgehead atoms. The molecular weight excluding hydrogens is 386 g/mol. The molecule has 1 saturated carbocycles. The van der Waals surface area contributed by atoms with E-state index in [9.17, 15) is 10.1 Å². The second kappa shape index (κ2) is 8.42. The van der Waals surface area contributed by atoms with Crippen molar-refractivity contribution in [3.05, 3.63) is 70.9 Å². The third kappa shape index (κ3) is 4.44. The first kappa shape index (κ1) is 19.1. The molecule has 0 saturated heterocycles. The maximum absolute atomic E-state index is 12.3. The Balaban J connectivity index is 1.56. The molecule has 0 atom stereocenters. The van der Waals surface area contributed by atoms with Crippen LogP contribution in [0.1, 0.15) is 18.4 Å². The summed E-state index contributed by atoms with van der Waals surface area (Å²) in [6.07, 6.45) is 5.57. The van der Waals surface area contributed by atoms with E-state index in [0.717, 1.165) is 29.3 Å². The normalized spacial score (nSPS) is 13.9. The number of carbonyl (C=O) groups is 1. The number of nitrogens with one attached hydrogen (secondary N) is 1. The first-order chi connectivity index (χ1) is 14.2. The monoisotopic (exact) mass is 405 g/mol. The van der Waals surface area contributed by atoms with Gasteiger partial charge in [0.1, 0.15) is 24.0 Å². The molecule has 1 aliphatic carbocycles. The minimum Gasteiger partial charge on any atom is -0.490 e. The summed E-state index contributed by atoms with van der Waals surface area (Å²) >= 11 is 6.14. The third-order valence-electron chi connectivity index (χ3n) is 4.82. The van der Waals surface area contributed by atoms with Crippen molar-refractivity contribution in [2.75, 3.05) is 6.61 Å². The van der Waals surface area contributed by atoms with E-state index in [2.05, 4.69) is 9.88 Å². The minimum absolute atomic E-state index is 0.118. The predicted molar refractivity (Wildman–Crippen MR) is 114 cm³/mol. The van der Waals surface area contributed by atoms with Crippen molar-refractivity contribution in [2.24, 2.45) is 0 Å². The highest BCUT2D eigenvalue weighted by Crippen LogP contribution is 2.26. The minimum atomic E-state index is -0.311. The zero-order chi connectivity index (χ0) is 20.2. The van der Waals surface area contributed by atoms with Crippen LogP contribution in [0.4, 0.5) is 0 Å². The number of fused-ring (bicyclic) bond motifs is 1. The SMILES string of the molecule is N#C/C(=C\c1cn(CCOc2ccccc2Cl)c2ccccc12)C(=O)NC1CC1. The topological polar surface area (TPSA) is 67.0 Å². The summed E-state index contributed by atoms with van der Waals surface area (Å²) in [5.41, 5.74) is 1.97. The summed E-state index contributed by atoms with van der Waals surface area (Å²) in [5.74, 6) is 0.336. The highest BCUT2D eigenvalue weighted by molar-refractivity contribution is 6.32. The second-order valence-electron chi connectivity index (χ2n) is 6.99. The maximum Gasteiger partial charge on any atom is 0.262 e. The van der Waals surface area contributed by atoms with Gasteiger partial charge in [-0.15, -0.1) is 0 Å². The van der Waals surface area contributed by atoms with Gasteiger partial charge in [0.15, 0.2) is 0 Å². The molecule has 1 aliphatic rings. The number of nitrogens with zero attached hydrogens (tertiary/aromatic N) is 2. The fourth-order valence-corrected chi connectivity index (χ4v) is 3.38. The average Bonchev–Trinajstić information content (AvgIpc) is 3.48. The largest absolute Gasteiger partial charge is 0.490 e. The van der Waals surface area contributed by atoms with Gasteiger partial charge >= 0.3 is 0 Å². The van der Waals surface area contributed by atoms with E-state index >= 15 is 0 Å². The quantitative estimate of drug-likeness (QED) is 0.463. The molecule has 5 nitrogen and oxygen atoms in total. The predicted octanol–water partition coefficient (Wildman–Crippen LogP) is 4.56. The Morgan fingerprint density at radius 2 is 2.00 bits per heavy atom. The second-order valence-corrected chi connectivity index (χ2v) is 7.40. The van der Waals surface area contributed by atoms with Crippen LogP contribution in [-0.2, 0) is 11.3 Å². The van der Waals surface area contributed by atoms with Gasteiger partial charge in [0.05, 0.1) is 11.6 Å². The highest BCUT2D eigenvalue weighted by atomic mass is 35.5. The van der Waals surface area contributed by atoms with Crippen molar-refractivity contribution in [1.82, 2.24) is 9.88 Å². The summed E-state index contributed by atoms with van der Waals surface area (Å²) in [4.78, 5) is 12.3. The van der Waals surface area contributed by atoms with Crippen LogP contribution in [0.2, 0.25) is 5.02 Å². The van der Waals surface area contributed by atoms with Crippen LogP contribution in [0.3, 0.4) is 0 Å². The molecule has 6 heteroatoms. The van der Waals surface area contributed by atoms with Crippen molar-refractivity contribution < 1.29 is 9.53 Å². The van der Waals surface area contributed by atoms with Crippen LogP contribution < -0.4 is 10.1 Å². The van der Waals surface area contributed by atoms with E-state index in [4.69, 9.17) is 16.3 Å². The summed E-state index contributed by atoms with van der Waals surface area (Å²) in [6.45, 7) is 1.05. The number of amides is 1. The number of halogens is 1. The van der Waals surface area contributed by atoms with Crippen LogP contribution in [0.15, 0.2) is 60.3 Å². The summed E-state index contributed by atoms with van der Waals surface area (Å²) in [7, 11) is 0. The van der Waals surface area contributed by atoms with E-state index in [1.807, 2.05) is 54.7 Å². The van der Waals surface area contributed by atoms with Crippen molar-refractivity contribution in [1.29, 1.82) is 5.26 Å². The number of carbonyl (C=O) groups excluding carboxylic acids is 1.